The van der Waals surface area contributed by atoms with Crippen LogP contribution in [0.2, 0.25) is 0 Å². The summed E-state index contributed by atoms with van der Waals surface area (Å²) >= 11 is 0. The number of amides is 1. The molecule has 5 heteroatoms. The predicted octanol–water partition coefficient (Wildman–Crippen LogP) is 0.585. The van der Waals surface area contributed by atoms with Gasteiger partial charge in [0.2, 0.25) is 5.91 Å². The van der Waals surface area contributed by atoms with Crippen LogP contribution < -0.4 is 10.6 Å². The van der Waals surface area contributed by atoms with Crippen molar-refractivity contribution in [2.45, 2.75) is 45.1 Å². The molecule has 3 N–H and O–H groups in total. The minimum absolute atomic E-state index is 0.111. The number of hydrogen-bond acceptors (Lipinski definition) is 4. The van der Waals surface area contributed by atoms with Gasteiger partial charge in [-0.3, -0.25) is 4.79 Å². The molecular weight excluding hydrogens is 254 g/mol. The number of carbonyl (C=O) groups is 1. The molecule has 1 fully saturated rings. The summed E-state index contributed by atoms with van der Waals surface area (Å²) < 4.78 is 0. The molecule has 1 atom stereocenters. The average Bonchev–Trinajstić information content (AvgIpc) is 2.36. The third-order valence-electron chi connectivity index (χ3n) is 4.06. The van der Waals surface area contributed by atoms with Gasteiger partial charge in [-0.2, -0.15) is 0 Å². The maximum Gasteiger partial charge on any atom is 0.226 e. The van der Waals surface area contributed by atoms with E-state index < -0.39 is 5.60 Å². The summed E-state index contributed by atoms with van der Waals surface area (Å²) in [7, 11) is 3.84. The van der Waals surface area contributed by atoms with Crippen LogP contribution >= 0.6 is 0 Å². The first-order valence-electron chi connectivity index (χ1n) is 7.67. The van der Waals surface area contributed by atoms with Crippen LogP contribution in [-0.4, -0.2) is 61.8 Å². The first kappa shape index (κ1) is 17.4. The summed E-state index contributed by atoms with van der Waals surface area (Å²) in [6.45, 7) is 6.54. The van der Waals surface area contributed by atoms with Crippen LogP contribution in [0.5, 0.6) is 0 Å². The van der Waals surface area contributed by atoms with Gasteiger partial charge >= 0.3 is 0 Å². The molecule has 0 spiro atoms. The Hall–Kier alpha value is -0.650. The van der Waals surface area contributed by atoms with E-state index in [-0.39, 0.29) is 11.3 Å². The Balaban J connectivity index is 2.58. The van der Waals surface area contributed by atoms with Crippen molar-refractivity contribution >= 4 is 5.91 Å². The molecule has 0 aromatic rings. The van der Waals surface area contributed by atoms with Gasteiger partial charge < -0.3 is 20.6 Å². The molecule has 1 aliphatic rings. The lowest BCUT2D eigenvalue weighted by Crippen LogP contribution is -2.53. The second-order valence-electron chi connectivity index (χ2n) is 6.70. The van der Waals surface area contributed by atoms with Gasteiger partial charge in [-0.15, -0.1) is 0 Å². The molecule has 1 amide bonds. The molecule has 20 heavy (non-hydrogen) atoms. The van der Waals surface area contributed by atoms with E-state index in [1.807, 2.05) is 19.0 Å². The fourth-order valence-electron chi connectivity index (χ4n) is 3.17. The van der Waals surface area contributed by atoms with Crippen molar-refractivity contribution in [1.29, 1.82) is 0 Å². The summed E-state index contributed by atoms with van der Waals surface area (Å²) in [6, 6.07) is 0. The smallest absolute Gasteiger partial charge is 0.226 e. The topological polar surface area (TPSA) is 64.6 Å². The highest BCUT2D eigenvalue weighted by Crippen LogP contribution is 2.34. The summed E-state index contributed by atoms with van der Waals surface area (Å²) in [6.07, 6.45) is 3.73. The van der Waals surface area contributed by atoms with Crippen LogP contribution in [0.1, 0.15) is 39.5 Å². The standard InChI is InChI=1S/C15H31N3O2/c1-5-6-15(7-9-16-10-8-15)13(19)17-11-14(2,20)12-18(3)4/h16,20H,5-12H2,1-4H3,(H,17,19). The number of rotatable bonds is 7. The zero-order valence-corrected chi connectivity index (χ0v) is 13.5. The maximum absolute atomic E-state index is 12.6. The number of likely N-dealkylation sites (N-methyl/N-ethyl adjacent to an activating group) is 1. The van der Waals surface area contributed by atoms with Gasteiger partial charge in [-0.1, -0.05) is 13.3 Å². The van der Waals surface area contributed by atoms with Crippen LogP contribution in [0.25, 0.3) is 0 Å². The van der Waals surface area contributed by atoms with E-state index >= 15 is 0 Å². The molecule has 1 heterocycles. The number of carbonyl (C=O) groups excluding carboxylic acids is 1. The SMILES string of the molecule is CCCC1(C(=O)NCC(C)(O)CN(C)C)CCNCC1. The number of nitrogens with one attached hydrogen (secondary N) is 2. The van der Waals surface area contributed by atoms with Gasteiger partial charge in [-0.05, 0) is 53.4 Å². The second-order valence-corrected chi connectivity index (χ2v) is 6.70. The Morgan fingerprint density at radius 3 is 2.50 bits per heavy atom. The molecule has 118 valence electrons. The van der Waals surface area contributed by atoms with Gasteiger partial charge in [0.15, 0.2) is 0 Å². The molecule has 0 aromatic heterocycles. The molecule has 0 saturated carbocycles. The van der Waals surface area contributed by atoms with Gasteiger partial charge in [0.1, 0.15) is 0 Å². The Morgan fingerprint density at radius 2 is 2.00 bits per heavy atom. The third kappa shape index (κ3) is 5.04. The average molecular weight is 285 g/mol. The van der Waals surface area contributed by atoms with Crippen molar-refractivity contribution < 1.29 is 9.90 Å². The minimum Gasteiger partial charge on any atom is -0.387 e. The fraction of sp³-hybridized carbons (Fsp3) is 0.933. The van der Waals surface area contributed by atoms with Gasteiger partial charge in [0.05, 0.1) is 11.0 Å². The lowest BCUT2D eigenvalue weighted by molar-refractivity contribution is -0.134. The highest BCUT2D eigenvalue weighted by atomic mass is 16.3. The van der Waals surface area contributed by atoms with Crippen molar-refractivity contribution in [1.82, 2.24) is 15.5 Å². The van der Waals surface area contributed by atoms with Crippen molar-refractivity contribution in [3.63, 3.8) is 0 Å². The minimum atomic E-state index is -0.889. The van der Waals surface area contributed by atoms with E-state index in [0.29, 0.717) is 13.1 Å². The Labute approximate surface area is 123 Å². The van der Waals surface area contributed by atoms with Crippen molar-refractivity contribution in [3.8, 4) is 0 Å². The zero-order chi connectivity index (χ0) is 15.2. The highest BCUT2D eigenvalue weighted by molar-refractivity contribution is 5.82. The monoisotopic (exact) mass is 285 g/mol. The Bertz CT molecular complexity index is 305. The lowest BCUT2D eigenvalue weighted by atomic mass is 9.74. The number of aliphatic hydroxyl groups is 1. The first-order valence-corrected chi connectivity index (χ1v) is 7.67. The predicted molar refractivity (Wildman–Crippen MR) is 81.6 cm³/mol. The molecule has 5 nitrogen and oxygen atoms in total. The van der Waals surface area contributed by atoms with Gasteiger partial charge in [0, 0.05) is 13.1 Å². The lowest BCUT2D eigenvalue weighted by Gasteiger charge is -2.37. The van der Waals surface area contributed by atoms with E-state index in [1.165, 1.54) is 0 Å². The normalized spacial score (nSPS) is 21.5. The van der Waals surface area contributed by atoms with Crippen molar-refractivity contribution in [2.24, 2.45) is 5.41 Å². The molecule has 0 aliphatic carbocycles. The van der Waals surface area contributed by atoms with Crippen LogP contribution in [0, 0.1) is 5.41 Å². The molecule has 0 aromatic carbocycles. The first-order chi connectivity index (χ1) is 9.31. The van der Waals surface area contributed by atoms with Crippen LogP contribution in [0.4, 0.5) is 0 Å². The molecule has 0 radical (unpaired) electrons. The Kier molecular flexibility index (Phi) is 6.43. The Morgan fingerprint density at radius 1 is 1.40 bits per heavy atom. The largest absolute Gasteiger partial charge is 0.387 e. The fourth-order valence-corrected chi connectivity index (χ4v) is 3.17. The van der Waals surface area contributed by atoms with E-state index in [2.05, 4.69) is 17.6 Å². The van der Waals surface area contributed by atoms with Crippen molar-refractivity contribution in [3.05, 3.63) is 0 Å². The molecule has 1 aliphatic heterocycles. The van der Waals surface area contributed by atoms with Crippen LogP contribution in [-0.2, 0) is 4.79 Å². The summed E-state index contributed by atoms with van der Waals surface area (Å²) in [5.74, 6) is 0.111. The van der Waals surface area contributed by atoms with E-state index in [1.54, 1.807) is 6.92 Å². The highest BCUT2D eigenvalue weighted by Gasteiger charge is 2.39. The maximum atomic E-state index is 12.6. The van der Waals surface area contributed by atoms with Crippen LogP contribution in [0.3, 0.4) is 0 Å². The number of hydrogen-bond donors (Lipinski definition) is 3. The summed E-state index contributed by atoms with van der Waals surface area (Å²) in [5.41, 5.74) is -1.13. The zero-order valence-electron chi connectivity index (χ0n) is 13.5. The van der Waals surface area contributed by atoms with Crippen molar-refractivity contribution in [2.75, 3.05) is 40.3 Å². The van der Waals surface area contributed by atoms with E-state index in [9.17, 15) is 9.90 Å². The van der Waals surface area contributed by atoms with Crippen LogP contribution in [0.15, 0.2) is 0 Å². The molecule has 1 unspecified atom stereocenters. The molecular formula is C15H31N3O2. The van der Waals surface area contributed by atoms with Gasteiger partial charge in [0.25, 0.3) is 0 Å². The number of nitrogens with zero attached hydrogens (tertiary/aromatic N) is 1. The molecule has 1 rings (SSSR count). The van der Waals surface area contributed by atoms with E-state index in [4.69, 9.17) is 0 Å². The van der Waals surface area contributed by atoms with E-state index in [0.717, 1.165) is 38.8 Å². The summed E-state index contributed by atoms with van der Waals surface area (Å²) in [5, 5.41) is 16.6. The second kappa shape index (κ2) is 7.38. The molecule has 1 saturated heterocycles. The third-order valence-corrected chi connectivity index (χ3v) is 4.06. The number of piperidine rings is 1. The quantitative estimate of drug-likeness (QED) is 0.640. The van der Waals surface area contributed by atoms with Gasteiger partial charge in [-0.25, -0.2) is 0 Å². The summed E-state index contributed by atoms with van der Waals surface area (Å²) in [4.78, 5) is 14.5. The molecule has 0 bridgehead atoms.